The average molecular weight is 343 g/mol. The summed E-state index contributed by atoms with van der Waals surface area (Å²) in [6.07, 6.45) is 2.74. The molecule has 0 aliphatic carbocycles. The van der Waals surface area contributed by atoms with Gasteiger partial charge in [0.05, 0.1) is 13.2 Å². The number of anilines is 1. The van der Waals surface area contributed by atoms with E-state index in [1.54, 1.807) is 13.3 Å². The summed E-state index contributed by atoms with van der Waals surface area (Å²) in [4.78, 5) is 4.33. The normalized spacial score (nSPS) is 11.9. The molecule has 1 heterocycles. The molecule has 2 N–H and O–H groups in total. The number of benzene rings is 1. The molecule has 2 rings (SSSR count). The molecule has 1 aromatic carbocycles. The lowest BCUT2D eigenvalue weighted by Crippen LogP contribution is -2.33. The minimum Gasteiger partial charge on any atom is -0.497 e. The number of pyridine rings is 1. The number of methoxy groups -OCH3 is 1. The Kier molecular flexibility index (Phi) is 6.55. The summed E-state index contributed by atoms with van der Waals surface area (Å²) in [6.45, 7) is 6.42. The third kappa shape index (κ3) is 5.20. The standard InChI is InChI=1S/C19H25N3OS/c1-13(2)12-17(15-7-9-16(23-4)10-8-15)21-19(24)22-18-14(3)6-5-11-20-18/h5-11,13,17H,12H2,1-4H3,(H2,20,21,22,24)/t17-/m1/s1. The second kappa shape index (κ2) is 8.64. The molecule has 0 spiro atoms. The van der Waals surface area contributed by atoms with Gasteiger partial charge < -0.3 is 15.4 Å². The van der Waals surface area contributed by atoms with Crippen molar-refractivity contribution in [3.05, 3.63) is 53.7 Å². The zero-order chi connectivity index (χ0) is 17.5. The van der Waals surface area contributed by atoms with E-state index in [2.05, 4.69) is 41.6 Å². The molecule has 0 saturated carbocycles. The van der Waals surface area contributed by atoms with Crippen LogP contribution in [0.3, 0.4) is 0 Å². The lowest BCUT2D eigenvalue weighted by molar-refractivity contribution is 0.414. The van der Waals surface area contributed by atoms with Crippen LogP contribution in [0.15, 0.2) is 42.6 Å². The van der Waals surface area contributed by atoms with E-state index in [1.165, 1.54) is 5.56 Å². The highest BCUT2D eigenvalue weighted by Gasteiger charge is 2.15. The predicted octanol–water partition coefficient (Wildman–Crippen LogP) is 4.47. The van der Waals surface area contributed by atoms with Gasteiger partial charge in [-0.25, -0.2) is 4.98 Å². The molecule has 4 nitrogen and oxygen atoms in total. The van der Waals surface area contributed by atoms with E-state index in [1.807, 2.05) is 31.2 Å². The summed E-state index contributed by atoms with van der Waals surface area (Å²) in [5.41, 5.74) is 2.25. The molecule has 24 heavy (non-hydrogen) atoms. The van der Waals surface area contributed by atoms with Gasteiger partial charge in [0, 0.05) is 6.20 Å². The molecule has 0 fully saturated rings. The molecule has 2 aromatic rings. The van der Waals surface area contributed by atoms with Crippen LogP contribution in [0.2, 0.25) is 0 Å². The minimum atomic E-state index is 0.139. The highest BCUT2D eigenvalue weighted by atomic mass is 32.1. The molecule has 0 saturated heterocycles. The van der Waals surface area contributed by atoms with Gasteiger partial charge in [0.2, 0.25) is 0 Å². The van der Waals surface area contributed by atoms with Crippen LogP contribution >= 0.6 is 12.2 Å². The van der Waals surface area contributed by atoms with Gasteiger partial charge in [-0.05, 0) is 60.8 Å². The van der Waals surface area contributed by atoms with Crippen LogP contribution in [-0.2, 0) is 0 Å². The molecule has 0 bridgehead atoms. The highest BCUT2D eigenvalue weighted by molar-refractivity contribution is 7.80. The maximum absolute atomic E-state index is 5.49. The topological polar surface area (TPSA) is 46.2 Å². The SMILES string of the molecule is COc1ccc([C@@H](CC(C)C)NC(=S)Nc2ncccc2C)cc1. The molecule has 0 amide bonds. The first kappa shape index (κ1) is 18.2. The molecule has 0 radical (unpaired) electrons. The number of hydrogen-bond donors (Lipinski definition) is 2. The lowest BCUT2D eigenvalue weighted by atomic mass is 9.97. The number of rotatable bonds is 6. The van der Waals surface area contributed by atoms with Crippen molar-refractivity contribution in [2.45, 2.75) is 33.2 Å². The number of nitrogens with zero attached hydrogens (tertiary/aromatic N) is 1. The first-order valence-corrected chi connectivity index (χ1v) is 8.53. The van der Waals surface area contributed by atoms with Crippen LogP contribution in [0.5, 0.6) is 5.75 Å². The quantitative estimate of drug-likeness (QED) is 0.758. The van der Waals surface area contributed by atoms with Crippen molar-refractivity contribution in [1.82, 2.24) is 10.3 Å². The molecule has 0 unspecified atom stereocenters. The Hall–Kier alpha value is -2.14. The highest BCUT2D eigenvalue weighted by Crippen LogP contribution is 2.24. The Labute approximate surface area is 149 Å². The van der Waals surface area contributed by atoms with Crippen molar-refractivity contribution in [3.63, 3.8) is 0 Å². The van der Waals surface area contributed by atoms with Gasteiger partial charge in [-0.1, -0.05) is 32.0 Å². The predicted molar refractivity (Wildman–Crippen MR) is 104 cm³/mol. The van der Waals surface area contributed by atoms with Crippen LogP contribution in [0.25, 0.3) is 0 Å². The first-order valence-electron chi connectivity index (χ1n) is 8.12. The zero-order valence-corrected chi connectivity index (χ0v) is 15.5. The maximum atomic E-state index is 5.49. The molecular weight excluding hydrogens is 318 g/mol. The fraction of sp³-hybridized carbons (Fsp3) is 0.368. The van der Waals surface area contributed by atoms with Crippen molar-refractivity contribution in [2.24, 2.45) is 5.92 Å². The summed E-state index contributed by atoms with van der Waals surface area (Å²) >= 11 is 5.49. The average Bonchev–Trinajstić information content (AvgIpc) is 2.56. The van der Waals surface area contributed by atoms with Gasteiger partial charge in [0.1, 0.15) is 11.6 Å². The van der Waals surface area contributed by atoms with Crippen LogP contribution in [0, 0.1) is 12.8 Å². The van der Waals surface area contributed by atoms with E-state index in [0.717, 1.165) is 23.6 Å². The van der Waals surface area contributed by atoms with Gasteiger partial charge >= 0.3 is 0 Å². The Morgan fingerprint density at radius 2 is 1.92 bits per heavy atom. The van der Waals surface area contributed by atoms with Crippen molar-refractivity contribution < 1.29 is 4.74 Å². The van der Waals surface area contributed by atoms with Crippen LogP contribution in [0.4, 0.5) is 5.82 Å². The van der Waals surface area contributed by atoms with Gasteiger partial charge in [0.15, 0.2) is 5.11 Å². The Morgan fingerprint density at radius 3 is 2.50 bits per heavy atom. The summed E-state index contributed by atoms with van der Waals surface area (Å²) in [6, 6.07) is 12.2. The van der Waals surface area contributed by atoms with Gasteiger partial charge in [0.25, 0.3) is 0 Å². The molecule has 1 atom stereocenters. The van der Waals surface area contributed by atoms with E-state index in [9.17, 15) is 0 Å². The van der Waals surface area contributed by atoms with Crippen LogP contribution < -0.4 is 15.4 Å². The Morgan fingerprint density at radius 1 is 1.21 bits per heavy atom. The van der Waals surface area contributed by atoms with Crippen molar-refractivity contribution >= 4 is 23.1 Å². The summed E-state index contributed by atoms with van der Waals surface area (Å²) in [5, 5.41) is 7.19. The van der Waals surface area contributed by atoms with Gasteiger partial charge in [-0.15, -0.1) is 0 Å². The molecule has 0 aliphatic rings. The number of aryl methyl sites for hydroxylation is 1. The second-order valence-electron chi connectivity index (χ2n) is 6.22. The fourth-order valence-electron chi connectivity index (χ4n) is 2.50. The second-order valence-corrected chi connectivity index (χ2v) is 6.63. The number of thiocarbonyl (C=S) groups is 1. The fourth-order valence-corrected chi connectivity index (χ4v) is 2.74. The van der Waals surface area contributed by atoms with Gasteiger partial charge in [-0.2, -0.15) is 0 Å². The lowest BCUT2D eigenvalue weighted by Gasteiger charge is -2.23. The number of nitrogens with one attached hydrogen (secondary N) is 2. The van der Waals surface area contributed by atoms with E-state index >= 15 is 0 Å². The smallest absolute Gasteiger partial charge is 0.172 e. The largest absolute Gasteiger partial charge is 0.497 e. The van der Waals surface area contributed by atoms with Crippen LogP contribution in [-0.4, -0.2) is 17.2 Å². The monoisotopic (exact) mass is 343 g/mol. The molecule has 0 aliphatic heterocycles. The molecule has 128 valence electrons. The third-order valence-corrected chi connectivity index (χ3v) is 3.99. The van der Waals surface area contributed by atoms with E-state index in [-0.39, 0.29) is 6.04 Å². The molecular formula is C19H25N3OS. The Bertz CT molecular complexity index is 671. The number of aromatic nitrogens is 1. The Balaban J connectivity index is 2.10. The zero-order valence-electron chi connectivity index (χ0n) is 14.7. The molecule has 5 heteroatoms. The van der Waals surface area contributed by atoms with Gasteiger partial charge in [-0.3, -0.25) is 0 Å². The number of ether oxygens (including phenoxy) is 1. The third-order valence-electron chi connectivity index (χ3n) is 3.77. The van der Waals surface area contributed by atoms with Crippen molar-refractivity contribution in [2.75, 3.05) is 12.4 Å². The summed E-state index contributed by atoms with van der Waals surface area (Å²) in [7, 11) is 1.67. The van der Waals surface area contributed by atoms with Crippen LogP contribution in [0.1, 0.15) is 37.4 Å². The van der Waals surface area contributed by atoms with Crippen molar-refractivity contribution in [3.8, 4) is 5.75 Å². The summed E-state index contributed by atoms with van der Waals surface area (Å²) < 4.78 is 5.24. The van der Waals surface area contributed by atoms with E-state index in [0.29, 0.717) is 11.0 Å². The van der Waals surface area contributed by atoms with E-state index in [4.69, 9.17) is 17.0 Å². The van der Waals surface area contributed by atoms with Crippen molar-refractivity contribution in [1.29, 1.82) is 0 Å². The minimum absolute atomic E-state index is 0.139. The van der Waals surface area contributed by atoms with E-state index < -0.39 is 0 Å². The molecule has 1 aromatic heterocycles. The summed E-state index contributed by atoms with van der Waals surface area (Å²) in [5.74, 6) is 2.18. The first-order chi connectivity index (χ1) is 11.5. The maximum Gasteiger partial charge on any atom is 0.172 e. The number of hydrogen-bond acceptors (Lipinski definition) is 3.